The maximum Gasteiger partial charge on any atom is 0.122 e. The molecule has 3 heteroatoms. The molecule has 1 aromatic carbocycles. The Hall–Kier alpha value is -1.06. The van der Waals surface area contributed by atoms with Gasteiger partial charge in [-0.15, -0.1) is 0 Å². The molecule has 88 valence electrons. The molecule has 1 N–H and O–H groups in total. The second-order valence-electron chi connectivity index (χ2n) is 4.43. The van der Waals surface area contributed by atoms with Crippen LogP contribution in [-0.2, 0) is 0 Å². The summed E-state index contributed by atoms with van der Waals surface area (Å²) >= 11 is 0. The van der Waals surface area contributed by atoms with Crippen LogP contribution in [0.4, 0.5) is 0 Å². The monoisotopic (exact) mass is 220 g/mol. The van der Waals surface area contributed by atoms with E-state index in [4.69, 9.17) is 4.74 Å². The molecular weight excluding hydrogens is 200 g/mol. The number of hydrogen-bond acceptors (Lipinski definition) is 3. The van der Waals surface area contributed by atoms with Gasteiger partial charge in [0.15, 0.2) is 0 Å². The fourth-order valence-corrected chi connectivity index (χ4v) is 2.22. The summed E-state index contributed by atoms with van der Waals surface area (Å²) in [6.45, 7) is 5.27. The maximum atomic E-state index is 5.37. The van der Waals surface area contributed by atoms with Crippen molar-refractivity contribution in [3.8, 4) is 5.75 Å². The first-order chi connectivity index (χ1) is 7.72. The minimum Gasteiger partial charge on any atom is -0.496 e. The number of likely N-dealkylation sites (N-methyl/N-ethyl adjacent to an activating group) is 1. The number of piperazine rings is 1. The van der Waals surface area contributed by atoms with Gasteiger partial charge in [-0.25, -0.2) is 0 Å². The largest absolute Gasteiger partial charge is 0.496 e. The molecule has 0 spiro atoms. The van der Waals surface area contributed by atoms with Crippen LogP contribution in [0.25, 0.3) is 0 Å². The summed E-state index contributed by atoms with van der Waals surface area (Å²) in [5.41, 5.74) is 2.52. The van der Waals surface area contributed by atoms with Crippen molar-refractivity contribution in [2.75, 3.05) is 33.8 Å². The van der Waals surface area contributed by atoms with Gasteiger partial charge in [-0.2, -0.15) is 0 Å². The smallest absolute Gasteiger partial charge is 0.122 e. The van der Waals surface area contributed by atoms with E-state index in [2.05, 4.69) is 42.4 Å². The van der Waals surface area contributed by atoms with Crippen LogP contribution >= 0.6 is 0 Å². The summed E-state index contributed by atoms with van der Waals surface area (Å²) in [4.78, 5) is 2.39. The van der Waals surface area contributed by atoms with Gasteiger partial charge in [-0.3, -0.25) is 4.90 Å². The lowest BCUT2D eigenvalue weighted by Gasteiger charge is -2.33. The van der Waals surface area contributed by atoms with Crippen molar-refractivity contribution in [1.82, 2.24) is 10.2 Å². The molecule has 1 fully saturated rings. The third-order valence-electron chi connectivity index (χ3n) is 3.33. The van der Waals surface area contributed by atoms with Crippen molar-refractivity contribution in [3.63, 3.8) is 0 Å². The zero-order valence-corrected chi connectivity index (χ0v) is 10.3. The van der Waals surface area contributed by atoms with E-state index in [0.29, 0.717) is 6.04 Å². The number of nitrogens with one attached hydrogen (secondary N) is 1. The van der Waals surface area contributed by atoms with E-state index >= 15 is 0 Å². The van der Waals surface area contributed by atoms with Gasteiger partial charge in [0.05, 0.1) is 7.11 Å². The minimum atomic E-state index is 0.461. The molecule has 0 bridgehead atoms. The number of methoxy groups -OCH3 is 1. The van der Waals surface area contributed by atoms with Gasteiger partial charge >= 0.3 is 0 Å². The van der Waals surface area contributed by atoms with Gasteiger partial charge in [0.25, 0.3) is 0 Å². The molecule has 1 unspecified atom stereocenters. The Labute approximate surface area is 97.4 Å². The van der Waals surface area contributed by atoms with Crippen LogP contribution in [0.5, 0.6) is 5.75 Å². The van der Waals surface area contributed by atoms with Crippen molar-refractivity contribution in [3.05, 3.63) is 29.3 Å². The predicted octanol–water partition coefficient (Wildman–Crippen LogP) is 1.58. The molecule has 16 heavy (non-hydrogen) atoms. The summed E-state index contributed by atoms with van der Waals surface area (Å²) in [6, 6.07) is 6.95. The topological polar surface area (TPSA) is 24.5 Å². The van der Waals surface area contributed by atoms with Crippen LogP contribution in [0.15, 0.2) is 18.2 Å². The second-order valence-corrected chi connectivity index (χ2v) is 4.43. The van der Waals surface area contributed by atoms with Crippen LogP contribution in [0, 0.1) is 6.92 Å². The molecule has 1 atom stereocenters. The molecule has 3 nitrogen and oxygen atoms in total. The fourth-order valence-electron chi connectivity index (χ4n) is 2.22. The van der Waals surface area contributed by atoms with E-state index in [0.717, 1.165) is 25.4 Å². The van der Waals surface area contributed by atoms with Crippen molar-refractivity contribution < 1.29 is 4.74 Å². The van der Waals surface area contributed by atoms with Crippen molar-refractivity contribution in [2.24, 2.45) is 0 Å². The molecule has 1 heterocycles. The molecule has 2 rings (SSSR count). The number of ether oxygens (including phenoxy) is 1. The van der Waals surface area contributed by atoms with Crippen LogP contribution < -0.4 is 10.1 Å². The van der Waals surface area contributed by atoms with Gasteiger partial charge < -0.3 is 10.1 Å². The fraction of sp³-hybridized carbons (Fsp3) is 0.538. The molecule has 1 aromatic rings. The van der Waals surface area contributed by atoms with Gasteiger partial charge in [0.1, 0.15) is 5.75 Å². The summed E-state index contributed by atoms with van der Waals surface area (Å²) in [5, 5.41) is 3.43. The van der Waals surface area contributed by atoms with Crippen LogP contribution in [0.2, 0.25) is 0 Å². The summed E-state index contributed by atoms with van der Waals surface area (Å²) < 4.78 is 5.37. The second kappa shape index (κ2) is 4.85. The molecule has 1 saturated heterocycles. The van der Waals surface area contributed by atoms with E-state index in [-0.39, 0.29) is 0 Å². The number of aryl methyl sites for hydroxylation is 1. The number of nitrogens with zero attached hydrogens (tertiary/aromatic N) is 1. The van der Waals surface area contributed by atoms with Gasteiger partial charge in [0.2, 0.25) is 0 Å². The molecule has 1 aliphatic heterocycles. The Morgan fingerprint density at radius 3 is 2.94 bits per heavy atom. The van der Waals surface area contributed by atoms with Gasteiger partial charge in [-0.1, -0.05) is 12.1 Å². The normalized spacial score (nSPS) is 22.1. The lowest BCUT2D eigenvalue weighted by molar-refractivity contribution is 0.202. The lowest BCUT2D eigenvalue weighted by atomic mass is 10.0. The Morgan fingerprint density at radius 1 is 1.44 bits per heavy atom. The zero-order chi connectivity index (χ0) is 11.5. The number of benzene rings is 1. The van der Waals surface area contributed by atoms with Gasteiger partial charge in [0, 0.05) is 25.7 Å². The SMILES string of the molecule is COc1cc(C2CNCCN2C)ccc1C. The highest BCUT2D eigenvalue weighted by atomic mass is 16.5. The van der Waals surface area contributed by atoms with E-state index in [1.807, 2.05) is 0 Å². The Kier molecular flexibility index (Phi) is 3.46. The summed E-state index contributed by atoms with van der Waals surface area (Å²) in [5.74, 6) is 0.983. The van der Waals surface area contributed by atoms with Crippen molar-refractivity contribution in [2.45, 2.75) is 13.0 Å². The highest BCUT2D eigenvalue weighted by Gasteiger charge is 2.20. The summed E-state index contributed by atoms with van der Waals surface area (Å²) in [7, 11) is 3.91. The molecule has 0 saturated carbocycles. The third kappa shape index (κ3) is 2.20. The van der Waals surface area contributed by atoms with Crippen LogP contribution in [0.1, 0.15) is 17.2 Å². The third-order valence-corrected chi connectivity index (χ3v) is 3.33. The van der Waals surface area contributed by atoms with E-state index in [1.165, 1.54) is 11.1 Å². The highest BCUT2D eigenvalue weighted by molar-refractivity contribution is 5.38. The average Bonchev–Trinajstić information content (AvgIpc) is 2.31. The first-order valence-electron chi connectivity index (χ1n) is 5.78. The lowest BCUT2D eigenvalue weighted by Crippen LogP contribution is -2.43. The maximum absolute atomic E-state index is 5.37. The summed E-state index contributed by atoms with van der Waals surface area (Å²) in [6.07, 6.45) is 0. The van der Waals surface area contributed by atoms with Crippen molar-refractivity contribution >= 4 is 0 Å². The average molecular weight is 220 g/mol. The molecule has 0 radical (unpaired) electrons. The zero-order valence-electron chi connectivity index (χ0n) is 10.3. The number of hydrogen-bond donors (Lipinski definition) is 1. The molecule has 0 aliphatic carbocycles. The van der Waals surface area contributed by atoms with Crippen LogP contribution in [0.3, 0.4) is 0 Å². The Bertz CT molecular complexity index is 365. The molecular formula is C13H20N2O. The first kappa shape index (κ1) is 11.4. The molecule has 1 aliphatic rings. The van der Waals surface area contributed by atoms with E-state index in [1.54, 1.807) is 7.11 Å². The quantitative estimate of drug-likeness (QED) is 0.819. The van der Waals surface area contributed by atoms with Crippen molar-refractivity contribution in [1.29, 1.82) is 0 Å². The van der Waals surface area contributed by atoms with Gasteiger partial charge in [-0.05, 0) is 31.2 Å². The number of rotatable bonds is 2. The van der Waals surface area contributed by atoms with E-state index < -0.39 is 0 Å². The molecule has 0 aromatic heterocycles. The first-order valence-corrected chi connectivity index (χ1v) is 5.78. The Morgan fingerprint density at radius 2 is 2.25 bits per heavy atom. The standard InChI is InChI=1S/C13H20N2O/c1-10-4-5-11(8-13(10)16-3)12-9-14-6-7-15(12)2/h4-5,8,12,14H,6-7,9H2,1-3H3. The predicted molar refractivity (Wildman–Crippen MR) is 66.0 cm³/mol. The van der Waals surface area contributed by atoms with Crippen LogP contribution in [-0.4, -0.2) is 38.7 Å². The Balaban J connectivity index is 2.25. The minimum absolute atomic E-state index is 0.461. The highest BCUT2D eigenvalue weighted by Crippen LogP contribution is 2.26. The van der Waals surface area contributed by atoms with E-state index in [9.17, 15) is 0 Å². The molecule has 0 amide bonds.